The quantitative estimate of drug-likeness (QED) is 0.684. The standard InChI is InChI=1S/C12H11F2N3O2S/c1-6-8(19-2)3-7(11(14)10(6)13)4-15-17-12-16-9(18)5-20-12/h3-4H,5H2,1-2H3,(H,16,17,18). The van der Waals surface area contributed by atoms with Crippen LogP contribution < -0.4 is 10.1 Å². The summed E-state index contributed by atoms with van der Waals surface area (Å²) in [7, 11) is 1.37. The fourth-order valence-corrected chi connectivity index (χ4v) is 2.17. The molecular formula is C12H11F2N3O2S. The lowest BCUT2D eigenvalue weighted by molar-refractivity contribution is -0.116. The van der Waals surface area contributed by atoms with E-state index in [-0.39, 0.29) is 28.5 Å². The van der Waals surface area contributed by atoms with Gasteiger partial charge in [0.15, 0.2) is 16.8 Å². The lowest BCUT2D eigenvalue weighted by atomic mass is 10.1. The van der Waals surface area contributed by atoms with Gasteiger partial charge in [-0.2, -0.15) is 5.10 Å². The molecule has 1 aliphatic rings. The van der Waals surface area contributed by atoms with E-state index in [1.165, 1.54) is 31.9 Å². The van der Waals surface area contributed by atoms with Crippen LogP contribution in [0, 0.1) is 18.6 Å². The molecule has 0 radical (unpaired) electrons. The number of ether oxygens (including phenoxy) is 1. The van der Waals surface area contributed by atoms with E-state index in [9.17, 15) is 13.6 Å². The number of methoxy groups -OCH3 is 1. The van der Waals surface area contributed by atoms with Gasteiger partial charge in [-0.3, -0.25) is 4.79 Å². The molecule has 0 spiro atoms. The summed E-state index contributed by atoms with van der Waals surface area (Å²) in [5, 5.41) is 10.1. The van der Waals surface area contributed by atoms with Crippen LogP contribution in [0.5, 0.6) is 5.75 Å². The van der Waals surface area contributed by atoms with E-state index < -0.39 is 11.6 Å². The maximum Gasteiger partial charge on any atom is 0.236 e. The van der Waals surface area contributed by atoms with Gasteiger partial charge in [0, 0.05) is 11.1 Å². The smallest absolute Gasteiger partial charge is 0.236 e. The highest BCUT2D eigenvalue weighted by Crippen LogP contribution is 2.25. The van der Waals surface area contributed by atoms with Gasteiger partial charge in [0.2, 0.25) is 5.91 Å². The van der Waals surface area contributed by atoms with Gasteiger partial charge < -0.3 is 10.1 Å². The van der Waals surface area contributed by atoms with Gasteiger partial charge in [0.25, 0.3) is 0 Å². The van der Waals surface area contributed by atoms with Crippen molar-refractivity contribution in [3.05, 3.63) is 28.8 Å². The molecule has 5 nitrogen and oxygen atoms in total. The van der Waals surface area contributed by atoms with Crippen LogP contribution in [0.15, 0.2) is 16.3 Å². The number of rotatable bonds is 3. The monoisotopic (exact) mass is 299 g/mol. The fraction of sp³-hybridized carbons (Fsp3) is 0.250. The number of hydrogen-bond donors (Lipinski definition) is 1. The Balaban J connectivity index is 2.25. The number of thioether (sulfide) groups is 1. The van der Waals surface area contributed by atoms with E-state index in [2.05, 4.69) is 15.5 Å². The Labute approximate surface area is 118 Å². The second-order valence-electron chi connectivity index (χ2n) is 3.91. The summed E-state index contributed by atoms with van der Waals surface area (Å²) in [5.41, 5.74) is 0.00991. The first-order valence-electron chi connectivity index (χ1n) is 5.59. The SMILES string of the molecule is COc1cc(C=NN=C2NC(=O)CS2)c(F)c(F)c1C. The van der Waals surface area contributed by atoms with Gasteiger partial charge in [-0.25, -0.2) is 8.78 Å². The molecule has 1 N–H and O–H groups in total. The first-order chi connectivity index (χ1) is 9.52. The summed E-state index contributed by atoms with van der Waals surface area (Å²) in [6, 6.07) is 1.33. The zero-order chi connectivity index (χ0) is 14.7. The van der Waals surface area contributed by atoms with E-state index in [1.807, 2.05) is 0 Å². The van der Waals surface area contributed by atoms with E-state index in [4.69, 9.17) is 4.74 Å². The lowest BCUT2D eigenvalue weighted by Gasteiger charge is -2.07. The Morgan fingerprint density at radius 2 is 2.20 bits per heavy atom. The third-order valence-electron chi connectivity index (χ3n) is 2.58. The largest absolute Gasteiger partial charge is 0.496 e. The molecule has 106 valence electrons. The van der Waals surface area contributed by atoms with Crippen molar-refractivity contribution < 1.29 is 18.3 Å². The predicted octanol–water partition coefficient (Wildman–Crippen LogP) is 1.83. The minimum absolute atomic E-state index is 0.0800. The lowest BCUT2D eigenvalue weighted by Crippen LogP contribution is -2.19. The van der Waals surface area contributed by atoms with E-state index in [0.29, 0.717) is 5.17 Å². The molecule has 1 fully saturated rings. The van der Waals surface area contributed by atoms with Crippen LogP contribution in [0.25, 0.3) is 0 Å². The molecule has 2 rings (SSSR count). The average molecular weight is 299 g/mol. The van der Waals surface area contributed by atoms with Gasteiger partial charge in [-0.15, -0.1) is 5.10 Å². The second kappa shape index (κ2) is 6.00. The average Bonchev–Trinajstić information content (AvgIpc) is 2.84. The Morgan fingerprint density at radius 3 is 2.80 bits per heavy atom. The number of hydrogen-bond acceptors (Lipinski definition) is 5. The molecule has 1 aromatic rings. The predicted molar refractivity (Wildman–Crippen MR) is 73.3 cm³/mol. The number of benzene rings is 1. The maximum atomic E-state index is 13.7. The maximum absolute atomic E-state index is 13.7. The van der Waals surface area contributed by atoms with Crippen molar-refractivity contribution in [2.75, 3.05) is 12.9 Å². The first kappa shape index (κ1) is 14.4. The third-order valence-corrected chi connectivity index (χ3v) is 3.45. The molecule has 1 aromatic carbocycles. The van der Waals surface area contributed by atoms with Crippen LogP contribution in [0.3, 0.4) is 0 Å². The van der Waals surface area contributed by atoms with Gasteiger partial charge in [0.05, 0.1) is 19.1 Å². The highest BCUT2D eigenvalue weighted by Gasteiger charge is 2.17. The number of carbonyl (C=O) groups excluding carboxylic acids is 1. The van der Waals surface area contributed by atoms with Gasteiger partial charge in [0.1, 0.15) is 5.75 Å². The van der Waals surface area contributed by atoms with Crippen LogP contribution in [0.2, 0.25) is 0 Å². The van der Waals surface area contributed by atoms with Gasteiger partial charge >= 0.3 is 0 Å². The third kappa shape index (κ3) is 2.96. The van der Waals surface area contributed by atoms with Crippen LogP contribution >= 0.6 is 11.8 Å². The molecule has 1 heterocycles. The molecule has 0 bridgehead atoms. The Hall–Kier alpha value is -1.96. The Kier molecular flexibility index (Phi) is 4.33. The zero-order valence-corrected chi connectivity index (χ0v) is 11.6. The van der Waals surface area contributed by atoms with Gasteiger partial charge in [-0.1, -0.05) is 11.8 Å². The number of amides is 1. The molecule has 20 heavy (non-hydrogen) atoms. The topological polar surface area (TPSA) is 63.1 Å². The second-order valence-corrected chi connectivity index (χ2v) is 4.87. The molecule has 0 aliphatic carbocycles. The number of nitrogens with zero attached hydrogens (tertiary/aromatic N) is 2. The van der Waals surface area contributed by atoms with E-state index >= 15 is 0 Å². The van der Waals surface area contributed by atoms with Crippen molar-refractivity contribution in [2.45, 2.75) is 6.92 Å². The zero-order valence-electron chi connectivity index (χ0n) is 10.7. The highest BCUT2D eigenvalue weighted by atomic mass is 32.2. The fourth-order valence-electron chi connectivity index (χ4n) is 1.54. The Morgan fingerprint density at radius 1 is 1.45 bits per heavy atom. The molecule has 1 saturated heterocycles. The number of amidine groups is 1. The normalized spacial score (nSPS) is 17.0. The van der Waals surface area contributed by atoms with Crippen LogP contribution in [-0.2, 0) is 4.79 Å². The first-order valence-corrected chi connectivity index (χ1v) is 6.57. The van der Waals surface area contributed by atoms with Crippen molar-refractivity contribution in [2.24, 2.45) is 10.2 Å². The van der Waals surface area contributed by atoms with Crippen molar-refractivity contribution in [1.29, 1.82) is 0 Å². The van der Waals surface area contributed by atoms with E-state index in [0.717, 1.165) is 6.21 Å². The molecular weight excluding hydrogens is 288 g/mol. The number of carbonyl (C=O) groups is 1. The summed E-state index contributed by atoms with van der Waals surface area (Å²) in [5.74, 6) is -1.67. The van der Waals surface area contributed by atoms with Gasteiger partial charge in [-0.05, 0) is 13.0 Å². The number of nitrogens with one attached hydrogen (secondary N) is 1. The molecule has 0 saturated carbocycles. The minimum atomic E-state index is -1.02. The van der Waals surface area contributed by atoms with Crippen LogP contribution in [0.1, 0.15) is 11.1 Å². The van der Waals surface area contributed by atoms with Crippen molar-refractivity contribution in [1.82, 2.24) is 5.32 Å². The molecule has 0 unspecified atom stereocenters. The minimum Gasteiger partial charge on any atom is -0.496 e. The van der Waals surface area contributed by atoms with Crippen LogP contribution in [0.4, 0.5) is 8.78 Å². The highest BCUT2D eigenvalue weighted by molar-refractivity contribution is 8.15. The summed E-state index contributed by atoms with van der Waals surface area (Å²) >= 11 is 1.19. The number of halogens is 2. The molecule has 1 aliphatic heterocycles. The molecule has 0 atom stereocenters. The summed E-state index contributed by atoms with van der Waals surface area (Å²) < 4.78 is 32.3. The molecule has 0 aromatic heterocycles. The summed E-state index contributed by atoms with van der Waals surface area (Å²) in [6.45, 7) is 1.42. The molecule has 1 amide bonds. The van der Waals surface area contributed by atoms with Crippen molar-refractivity contribution in [3.63, 3.8) is 0 Å². The summed E-state index contributed by atoms with van der Waals surface area (Å²) in [6.07, 6.45) is 1.07. The summed E-state index contributed by atoms with van der Waals surface area (Å²) in [4.78, 5) is 10.9. The Bertz CT molecular complexity index is 617. The van der Waals surface area contributed by atoms with E-state index in [1.54, 1.807) is 0 Å². The van der Waals surface area contributed by atoms with Crippen LogP contribution in [-0.4, -0.2) is 30.2 Å². The van der Waals surface area contributed by atoms with Crippen molar-refractivity contribution in [3.8, 4) is 5.75 Å². The van der Waals surface area contributed by atoms with Crippen molar-refractivity contribution >= 4 is 29.1 Å². The molecule has 8 heteroatoms.